The number of aliphatic hydroxyl groups is 1. The van der Waals surface area contributed by atoms with Crippen molar-refractivity contribution in [3.8, 4) is 17.0 Å². The first-order valence-electron chi connectivity index (χ1n) is 12.7. The van der Waals surface area contributed by atoms with Gasteiger partial charge in [0.1, 0.15) is 0 Å². The summed E-state index contributed by atoms with van der Waals surface area (Å²) in [5.41, 5.74) is -0.770. The SMILES string of the molecule is COCCCn1c(O)c2cc(Br)c3c4c2c(c(=NCCCCCO)cc-4c(=O)n(CCCOC)c3=O)c1=O. The van der Waals surface area contributed by atoms with Gasteiger partial charge in [-0.2, -0.15) is 0 Å². The number of unbranched alkanes of at least 4 members (excludes halogenated alkanes) is 2. The molecule has 2 N–H and O–H groups in total. The molecule has 4 rings (SSSR count). The van der Waals surface area contributed by atoms with Crippen molar-refractivity contribution in [2.75, 3.05) is 40.6 Å². The molecule has 0 fully saturated rings. The molecule has 1 aliphatic carbocycles. The second kappa shape index (κ2) is 12.3. The Balaban J connectivity index is 2.11. The predicted octanol–water partition coefficient (Wildman–Crippen LogP) is 2.26. The molecule has 38 heavy (non-hydrogen) atoms. The lowest BCUT2D eigenvalue weighted by molar-refractivity contribution is 0.189. The molecule has 0 bridgehead atoms. The van der Waals surface area contributed by atoms with Crippen LogP contribution in [0, 0.1) is 0 Å². The maximum Gasteiger partial charge on any atom is 0.263 e. The van der Waals surface area contributed by atoms with Crippen molar-refractivity contribution < 1.29 is 19.7 Å². The highest BCUT2D eigenvalue weighted by Crippen LogP contribution is 2.40. The van der Waals surface area contributed by atoms with Crippen LogP contribution in [0.5, 0.6) is 5.88 Å². The van der Waals surface area contributed by atoms with Crippen molar-refractivity contribution in [2.24, 2.45) is 4.99 Å². The molecule has 0 spiro atoms. The summed E-state index contributed by atoms with van der Waals surface area (Å²) in [5, 5.41) is 21.9. The number of halogens is 1. The van der Waals surface area contributed by atoms with E-state index < -0.39 is 16.7 Å². The molecule has 2 heterocycles. The van der Waals surface area contributed by atoms with Gasteiger partial charge in [-0.05, 0) is 60.2 Å². The third-order valence-corrected chi connectivity index (χ3v) is 7.41. The highest BCUT2D eigenvalue weighted by atomic mass is 79.9. The minimum Gasteiger partial charge on any atom is -0.494 e. The van der Waals surface area contributed by atoms with E-state index >= 15 is 0 Å². The first-order valence-corrected chi connectivity index (χ1v) is 13.5. The average Bonchev–Trinajstić information content (AvgIpc) is 2.90. The smallest absolute Gasteiger partial charge is 0.263 e. The number of aliphatic hydroxyl groups excluding tert-OH is 1. The molecule has 0 radical (unpaired) electrons. The molecule has 2 aromatic rings. The van der Waals surface area contributed by atoms with Gasteiger partial charge in [0.25, 0.3) is 16.7 Å². The number of aromatic nitrogens is 2. The number of ether oxygens (including phenoxy) is 2. The van der Waals surface area contributed by atoms with Crippen LogP contribution in [0.15, 0.2) is 36.0 Å². The lowest BCUT2D eigenvalue weighted by atomic mass is 9.90. The summed E-state index contributed by atoms with van der Waals surface area (Å²) in [6.45, 7) is 1.70. The third-order valence-electron chi connectivity index (χ3n) is 6.78. The first-order chi connectivity index (χ1) is 18.4. The Morgan fingerprint density at radius 3 is 2.16 bits per heavy atom. The Bertz CT molecular complexity index is 1630. The number of pyridine rings is 2. The van der Waals surface area contributed by atoms with Gasteiger partial charge in [0.05, 0.1) is 21.7 Å². The molecule has 0 saturated carbocycles. The molecule has 1 aromatic heterocycles. The van der Waals surface area contributed by atoms with Crippen LogP contribution in [0.3, 0.4) is 0 Å². The maximum absolute atomic E-state index is 13.8. The molecule has 1 aliphatic heterocycles. The van der Waals surface area contributed by atoms with Crippen molar-refractivity contribution in [1.82, 2.24) is 9.13 Å². The molecule has 0 unspecified atom stereocenters. The number of nitrogens with zero attached hydrogens (tertiary/aromatic N) is 3. The second-order valence-corrected chi connectivity index (χ2v) is 10.1. The van der Waals surface area contributed by atoms with Crippen LogP contribution < -0.4 is 22.0 Å². The van der Waals surface area contributed by atoms with Gasteiger partial charge >= 0.3 is 0 Å². The van der Waals surface area contributed by atoms with Crippen molar-refractivity contribution in [3.05, 3.63) is 53.0 Å². The van der Waals surface area contributed by atoms with Crippen LogP contribution in [0.25, 0.3) is 32.7 Å². The van der Waals surface area contributed by atoms with Gasteiger partial charge in [-0.3, -0.25) is 28.5 Å². The monoisotopic (exact) mass is 589 g/mol. The van der Waals surface area contributed by atoms with Crippen molar-refractivity contribution in [2.45, 2.75) is 45.2 Å². The van der Waals surface area contributed by atoms with E-state index in [9.17, 15) is 19.5 Å². The largest absolute Gasteiger partial charge is 0.494 e. The van der Waals surface area contributed by atoms with Gasteiger partial charge in [0, 0.05) is 74.5 Å². The minimum absolute atomic E-state index is 0.0951. The topological polar surface area (TPSA) is 132 Å². The minimum atomic E-state index is -0.472. The van der Waals surface area contributed by atoms with Crippen molar-refractivity contribution in [3.63, 3.8) is 0 Å². The number of hydrogen-bond acceptors (Lipinski definition) is 8. The van der Waals surface area contributed by atoms with Gasteiger partial charge in [-0.1, -0.05) is 0 Å². The summed E-state index contributed by atoms with van der Waals surface area (Å²) in [7, 11) is 3.12. The zero-order valence-corrected chi connectivity index (χ0v) is 23.2. The Morgan fingerprint density at radius 1 is 0.842 bits per heavy atom. The fourth-order valence-electron chi connectivity index (χ4n) is 4.98. The van der Waals surface area contributed by atoms with E-state index in [-0.39, 0.29) is 41.9 Å². The third kappa shape index (κ3) is 5.07. The lowest BCUT2D eigenvalue weighted by Crippen LogP contribution is -2.37. The first kappa shape index (κ1) is 28.2. The van der Waals surface area contributed by atoms with E-state index in [1.54, 1.807) is 26.4 Å². The molecular weight excluding hydrogens is 558 g/mol. The van der Waals surface area contributed by atoms with E-state index in [2.05, 4.69) is 20.9 Å². The number of aromatic hydroxyl groups is 1. The van der Waals surface area contributed by atoms with Gasteiger partial charge in [-0.25, -0.2) is 0 Å². The van der Waals surface area contributed by atoms with E-state index in [1.807, 2.05) is 0 Å². The van der Waals surface area contributed by atoms with Crippen LogP contribution in [0.4, 0.5) is 0 Å². The second-order valence-electron chi connectivity index (χ2n) is 9.25. The molecule has 0 saturated heterocycles. The predicted molar refractivity (Wildman–Crippen MR) is 149 cm³/mol. The fraction of sp³-hybridized carbons (Fsp3) is 0.481. The highest BCUT2D eigenvalue weighted by molar-refractivity contribution is 9.10. The summed E-state index contributed by atoms with van der Waals surface area (Å²) in [5.74, 6) is -0.237. The Hall–Kier alpha value is -2.86. The van der Waals surface area contributed by atoms with Gasteiger partial charge in [-0.15, -0.1) is 0 Å². The molecule has 204 valence electrons. The maximum atomic E-state index is 13.8. The van der Waals surface area contributed by atoms with Gasteiger partial charge in [0.15, 0.2) is 0 Å². The Morgan fingerprint density at radius 2 is 1.50 bits per heavy atom. The van der Waals surface area contributed by atoms with E-state index in [0.29, 0.717) is 71.6 Å². The molecule has 1 aromatic carbocycles. The number of methoxy groups -OCH3 is 2. The average molecular weight is 590 g/mol. The van der Waals surface area contributed by atoms with Crippen LogP contribution in [0.1, 0.15) is 32.1 Å². The Kier molecular flexibility index (Phi) is 9.14. The molecule has 0 amide bonds. The fourth-order valence-corrected chi connectivity index (χ4v) is 5.57. The normalized spacial score (nSPS) is 12.6. The molecular formula is C27H32BrN3O7. The standard InChI is InChI=1S/C27H32BrN3O7/c1-37-12-6-9-30-25(34)17-15-19(29-8-4-3-5-11-32)23-21-16(14-18(28)22(20(17)21)26(30)35)24(33)31(27(23)36)10-7-13-38-2/h14-15,32-33H,3-13H2,1-2H3. The summed E-state index contributed by atoms with van der Waals surface area (Å²) >= 11 is 3.49. The van der Waals surface area contributed by atoms with Crippen LogP contribution >= 0.6 is 15.9 Å². The summed E-state index contributed by atoms with van der Waals surface area (Å²) < 4.78 is 13.1. The van der Waals surface area contributed by atoms with Crippen LogP contribution in [-0.4, -0.2) is 59.9 Å². The van der Waals surface area contributed by atoms with Gasteiger partial charge in [0.2, 0.25) is 5.88 Å². The van der Waals surface area contributed by atoms with E-state index in [4.69, 9.17) is 14.6 Å². The molecule has 11 heteroatoms. The molecule has 2 aliphatic rings. The zero-order valence-electron chi connectivity index (χ0n) is 21.6. The summed E-state index contributed by atoms with van der Waals surface area (Å²) in [4.78, 5) is 45.6. The Labute approximate surface area is 226 Å². The van der Waals surface area contributed by atoms with Crippen LogP contribution in [0.2, 0.25) is 0 Å². The quantitative estimate of drug-likeness (QED) is 0.180. The number of rotatable bonds is 13. The summed E-state index contributed by atoms with van der Waals surface area (Å²) in [6, 6.07) is 3.22. The molecule has 0 atom stereocenters. The molecule has 10 nitrogen and oxygen atoms in total. The number of benzene rings is 2. The van der Waals surface area contributed by atoms with Crippen molar-refractivity contribution in [1.29, 1.82) is 0 Å². The van der Waals surface area contributed by atoms with E-state index in [0.717, 1.165) is 6.42 Å². The van der Waals surface area contributed by atoms with Gasteiger partial charge < -0.3 is 19.7 Å². The van der Waals surface area contributed by atoms with Crippen LogP contribution in [-0.2, 0) is 22.6 Å². The van der Waals surface area contributed by atoms with E-state index in [1.165, 1.54) is 9.13 Å². The van der Waals surface area contributed by atoms with Crippen molar-refractivity contribution >= 4 is 37.5 Å². The highest BCUT2D eigenvalue weighted by Gasteiger charge is 2.28. The number of hydrogen-bond donors (Lipinski definition) is 2. The summed E-state index contributed by atoms with van der Waals surface area (Å²) in [6.07, 6.45) is 3.10. The zero-order chi connectivity index (χ0) is 27.4. The lowest BCUT2D eigenvalue weighted by Gasteiger charge is -2.20.